The lowest BCUT2D eigenvalue weighted by Gasteiger charge is -2.35. The van der Waals surface area contributed by atoms with E-state index in [-0.39, 0.29) is 44.4 Å². The van der Waals surface area contributed by atoms with Crippen LogP contribution in [-0.4, -0.2) is 58.2 Å². The number of carboxylic acid groups (broad SMARTS) is 1. The number of aliphatic carboxylic acids is 1. The number of hydrogen-bond donors (Lipinski definition) is 3. The summed E-state index contributed by atoms with van der Waals surface area (Å²) in [7, 11) is 0. The van der Waals surface area contributed by atoms with Crippen LogP contribution in [0.1, 0.15) is 23.2 Å². The van der Waals surface area contributed by atoms with Gasteiger partial charge in [-0.1, -0.05) is 0 Å². The quantitative estimate of drug-likeness (QED) is 0.679. The molecule has 1 aromatic carbocycles. The van der Waals surface area contributed by atoms with Crippen LogP contribution < -0.4 is 10.1 Å². The van der Waals surface area contributed by atoms with Gasteiger partial charge in [-0.05, 0) is 28.1 Å². The van der Waals surface area contributed by atoms with E-state index in [9.17, 15) is 19.5 Å². The number of carbonyl (C=O) groups excluding carboxylic acids is 2. The number of nitrogens with zero attached hydrogens (tertiary/aromatic N) is 1. The minimum absolute atomic E-state index is 0.0246. The second-order valence-electron chi connectivity index (χ2n) is 5.79. The molecule has 1 aromatic rings. The van der Waals surface area contributed by atoms with Gasteiger partial charge in [-0.25, -0.2) is 4.79 Å². The number of aliphatic hydroxyl groups is 1. The van der Waals surface area contributed by atoms with Crippen LogP contribution in [0.25, 0.3) is 0 Å². The number of rotatable bonds is 2. The Morgan fingerprint density at radius 1 is 1.29 bits per heavy atom. The molecule has 0 unspecified atom stereocenters. The Balaban J connectivity index is 1.79. The third-order valence-corrected chi connectivity index (χ3v) is 4.86. The molecule has 0 bridgehead atoms. The summed E-state index contributed by atoms with van der Waals surface area (Å²) in [5.41, 5.74) is -0.948. The van der Waals surface area contributed by atoms with Gasteiger partial charge in [-0.15, -0.1) is 0 Å². The topological polar surface area (TPSA) is 116 Å². The van der Waals surface area contributed by atoms with Crippen LogP contribution in [0.15, 0.2) is 16.6 Å². The Labute approximate surface area is 145 Å². The first-order valence-corrected chi connectivity index (χ1v) is 8.11. The van der Waals surface area contributed by atoms with Gasteiger partial charge in [0.1, 0.15) is 5.75 Å². The molecular formula is C15H15BrN2O6. The molecule has 9 heteroatoms. The maximum atomic E-state index is 12.7. The fourth-order valence-electron chi connectivity index (χ4n) is 2.73. The van der Waals surface area contributed by atoms with Crippen LogP contribution in [-0.2, 0) is 9.59 Å². The van der Waals surface area contributed by atoms with Gasteiger partial charge in [-0.2, -0.15) is 0 Å². The molecule has 2 amide bonds. The number of likely N-dealkylation sites (tertiary alicyclic amines) is 1. The van der Waals surface area contributed by atoms with Gasteiger partial charge < -0.3 is 25.2 Å². The molecule has 1 saturated heterocycles. The molecule has 128 valence electrons. The van der Waals surface area contributed by atoms with Crippen LogP contribution in [0, 0.1) is 0 Å². The van der Waals surface area contributed by atoms with Crippen LogP contribution in [0.4, 0.5) is 5.69 Å². The number of ether oxygens (including phenoxy) is 1. The summed E-state index contributed by atoms with van der Waals surface area (Å²) in [6, 6.07) is 3.14. The average Bonchev–Trinajstić information content (AvgIpc) is 2.54. The van der Waals surface area contributed by atoms with Crippen LogP contribution >= 0.6 is 15.9 Å². The van der Waals surface area contributed by atoms with Gasteiger partial charge in [0, 0.05) is 30.4 Å². The number of benzene rings is 1. The van der Waals surface area contributed by atoms with Gasteiger partial charge >= 0.3 is 5.97 Å². The van der Waals surface area contributed by atoms with E-state index in [2.05, 4.69) is 21.2 Å². The van der Waals surface area contributed by atoms with E-state index >= 15 is 0 Å². The Bertz CT molecular complexity index is 727. The van der Waals surface area contributed by atoms with E-state index in [0.717, 1.165) is 0 Å². The number of hydrogen-bond acceptors (Lipinski definition) is 5. The summed E-state index contributed by atoms with van der Waals surface area (Å²) >= 11 is 3.31. The van der Waals surface area contributed by atoms with Gasteiger partial charge in [0.05, 0.1) is 11.3 Å². The second kappa shape index (κ2) is 6.06. The molecule has 0 radical (unpaired) electrons. The Kier molecular flexibility index (Phi) is 4.22. The highest BCUT2D eigenvalue weighted by molar-refractivity contribution is 9.10. The van der Waals surface area contributed by atoms with Crippen molar-refractivity contribution in [1.29, 1.82) is 0 Å². The number of carbonyl (C=O) groups is 3. The third kappa shape index (κ3) is 2.96. The van der Waals surface area contributed by atoms with E-state index in [0.29, 0.717) is 21.5 Å². The first-order valence-electron chi connectivity index (χ1n) is 7.31. The highest BCUT2D eigenvalue weighted by Crippen LogP contribution is 2.35. The van der Waals surface area contributed by atoms with Crippen molar-refractivity contribution in [3.8, 4) is 5.75 Å². The highest BCUT2D eigenvalue weighted by Gasteiger charge is 2.40. The Hall–Kier alpha value is -2.13. The molecule has 1 fully saturated rings. The number of anilines is 1. The number of fused-ring (bicyclic) bond motifs is 1. The van der Waals surface area contributed by atoms with Gasteiger partial charge in [-0.3, -0.25) is 9.59 Å². The number of piperidine rings is 1. The standard InChI is InChI=1S/C15H15BrN2O6/c16-9-6-10-11(24-7-12(19)17-10)5-8(9)13(20)18-3-1-15(23,2-4-18)14(21)22/h5-6,23H,1-4,7H2,(H,17,19)(H,21,22). The zero-order valence-electron chi connectivity index (χ0n) is 12.5. The molecule has 0 spiro atoms. The van der Waals surface area contributed by atoms with E-state index < -0.39 is 11.6 Å². The lowest BCUT2D eigenvalue weighted by molar-refractivity contribution is -0.162. The lowest BCUT2D eigenvalue weighted by Crippen LogP contribution is -2.50. The molecule has 2 aliphatic heterocycles. The van der Waals surface area contributed by atoms with Crippen molar-refractivity contribution in [3.05, 3.63) is 22.2 Å². The summed E-state index contributed by atoms with van der Waals surface area (Å²) in [4.78, 5) is 36.5. The number of nitrogens with one attached hydrogen (secondary N) is 1. The summed E-state index contributed by atoms with van der Waals surface area (Å²) in [5.74, 6) is -1.43. The van der Waals surface area contributed by atoms with Crippen LogP contribution in [0.5, 0.6) is 5.75 Å². The Morgan fingerprint density at radius 2 is 1.96 bits per heavy atom. The summed E-state index contributed by atoms with van der Waals surface area (Å²) in [6.07, 6.45) is -0.0492. The fraction of sp³-hybridized carbons (Fsp3) is 0.400. The fourth-order valence-corrected chi connectivity index (χ4v) is 3.24. The molecule has 0 atom stereocenters. The minimum atomic E-state index is -1.78. The zero-order valence-corrected chi connectivity index (χ0v) is 14.1. The molecule has 2 aliphatic rings. The Morgan fingerprint density at radius 3 is 2.58 bits per heavy atom. The number of amides is 2. The van der Waals surface area contributed by atoms with Gasteiger partial charge in [0.25, 0.3) is 11.8 Å². The van der Waals surface area contributed by atoms with E-state index in [1.807, 2.05) is 0 Å². The monoisotopic (exact) mass is 398 g/mol. The van der Waals surface area contributed by atoms with Crippen molar-refractivity contribution in [3.63, 3.8) is 0 Å². The average molecular weight is 399 g/mol. The predicted molar refractivity (Wildman–Crippen MR) is 86.0 cm³/mol. The molecular weight excluding hydrogens is 384 g/mol. The number of halogens is 1. The van der Waals surface area contributed by atoms with Crippen molar-refractivity contribution >= 4 is 39.4 Å². The van der Waals surface area contributed by atoms with Crippen LogP contribution in [0.2, 0.25) is 0 Å². The van der Waals surface area contributed by atoms with Crippen molar-refractivity contribution in [2.75, 3.05) is 25.0 Å². The molecule has 0 saturated carbocycles. The highest BCUT2D eigenvalue weighted by atomic mass is 79.9. The normalized spacial score (nSPS) is 19.1. The van der Waals surface area contributed by atoms with Crippen molar-refractivity contribution in [2.45, 2.75) is 18.4 Å². The smallest absolute Gasteiger partial charge is 0.335 e. The lowest BCUT2D eigenvalue weighted by atomic mass is 9.91. The molecule has 24 heavy (non-hydrogen) atoms. The van der Waals surface area contributed by atoms with Crippen molar-refractivity contribution in [1.82, 2.24) is 4.90 Å². The van der Waals surface area contributed by atoms with Crippen LogP contribution in [0.3, 0.4) is 0 Å². The molecule has 3 rings (SSSR count). The first kappa shape index (κ1) is 16.7. The minimum Gasteiger partial charge on any atom is -0.482 e. The summed E-state index contributed by atoms with van der Waals surface area (Å²) in [5, 5.41) is 21.6. The molecule has 3 N–H and O–H groups in total. The van der Waals surface area contributed by atoms with E-state index in [1.54, 1.807) is 12.1 Å². The maximum absolute atomic E-state index is 12.7. The SMILES string of the molecule is O=C1COc2cc(C(=O)N3CCC(O)(C(=O)O)CC3)c(Br)cc2N1. The van der Waals surface area contributed by atoms with Gasteiger partial charge in [0.2, 0.25) is 0 Å². The summed E-state index contributed by atoms with van der Waals surface area (Å²) < 4.78 is 5.81. The van der Waals surface area contributed by atoms with Gasteiger partial charge in [0.15, 0.2) is 12.2 Å². The molecule has 2 heterocycles. The molecule has 0 aliphatic carbocycles. The second-order valence-corrected chi connectivity index (χ2v) is 6.65. The maximum Gasteiger partial charge on any atom is 0.335 e. The summed E-state index contributed by atoms with van der Waals surface area (Å²) in [6.45, 7) is 0.170. The zero-order chi connectivity index (χ0) is 17.5. The van der Waals surface area contributed by atoms with Crippen molar-refractivity contribution in [2.24, 2.45) is 0 Å². The first-order chi connectivity index (χ1) is 11.3. The van der Waals surface area contributed by atoms with Crippen molar-refractivity contribution < 1.29 is 29.3 Å². The third-order valence-electron chi connectivity index (χ3n) is 4.21. The predicted octanol–water partition coefficient (Wildman–Crippen LogP) is 0.832. The largest absolute Gasteiger partial charge is 0.482 e. The van der Waals surface area contributed by atoms with E-state index in [4.69, 9.17) is 9.84 Å². The molecule has 0 aromatic heterocycles. The molecule has 8 nitrogen and oxygen atoms in total. The number of carboxylic acids is 1. The van der Waals surface area contributed by atoms with E-state index in [1.165, 1.54) is 4.90 Å².